The van der Waals surface area contributed by atoms with Crippen molar-refractivity contribution in [1.29, 1.82) is 0 Å². The highest BCUT2D eigenvalue weighted by atomic mass is 35.5. The lowest BCUT2D eigenvalue weighted by Gasteiger charge is -2.15. The van der Waals surface area contributed by atoms with Crippen LogP contribution in [0.15, 0.2) is 46.0 Å². The summed E-state index contributed by atoms with van der Waals surface area (Å²) in [6.07, 6.45) is -5.14. The number of hydrogen-bond acceptors (Lipinski definition) is 6. The Kier molecular flexibility index (Phi) is 5.89. The first-order valence-corrected chi connectivity index (χ1v) is 8.90. The Morgan fingerprint density at radius 1 is 1.09 bits per heavy atom. The van der Waals surface area contributed by atoms with Gasteiger partial charge in [-0.05, 0) is 12.1 Å². The highest BCUT2D eigenvalue weighted by Crippen LogP contribution is 2.41. The van der Waals surface area contributed by atoms with Gasteiger partial charge in [-0.3, -0.25) is 14.9 Å². The van der Waals surface area contributed by atoms with Gasteiger partial charge in [-0.1, -0.05) is 29.3 Å². The number of nitrogens with zero attached hydrogens (tertiary/aromatic N) is 3. The average Bonchev–Trinajstić information content (AvgIpc) is 2.68. The molecule has 0 unspecified atom stereocenters. The highest BCUT2D eigenvalue weighted by Gasteiger charge is 2.36. The molecule has 2 N–H and O–H groups in total. The largest absolute Gasteiger partial charge is 0.447 e. The van der Waals surface area contributed by atoms with Gasteiger partial charge >= 0.3 is 17.6 Å². The zero-order chi connectivity index (χ0) is 24.0. The second-order valence-corrected chi connectivity index (χ2v) is 6.85. The lowest BCUT2D eigenvalue weighted by Crippen LogP contribution is -2.45. The zero-order valence-corrected chi connectivity index (χ0v) is 16.7. The number of nitrogens with two attached hydrogens (primary N) is 1. The van der Waals surface area contributed by atoms with Gasteiger partial charge in [-0.2, -0.15) is 13.2 Å². The number of ether oxygens (including phenoxy) is 1. The first-order valence-electron chi connectivity index (χ1n) is 8.14. The molecule has 1 heterocycles. The van der Waals surface area contributed by atoms with Crippen molar-refractivity contribution in [3.63, 3.8) is 0 Å². The molecule has 0 aliphatic heterocycles. The molecule has 0 aliphatic carbocycles. The van der Waals surface area contributed by atoms with E-state index in [-0.39, 0.29) is 20.3 Å². The van der Waals surface area contributed by atoms with Crippen molar-refractivity contribution in [1.82, 2.24) is 9.24 Å². The van der Waals surface area contributed by atoms with Gasteiger partial charge < -0.3 is 10.6 Å². The normalized spacial score (nSPS) is 11.4. The smallest absolute Gasteiger partial charge is 0.433 e. The van der Waals surface area contributed by atoms with Crippen molar-refractivity contribution in [3.8, 4) is 17.2 Å². The summed E-state index contributed by atoms with van der Waals surface area (Å²) in [5, 5.41) is 10.5. The predicted molar refractivity (Wildman–Crippen MR) is 105 cm³/mol. The van der Waals surface area contributed by atoms with Crippen molar-refractivity contribution in [2.45, 2.75) is 6.18 Å². The van der Waals surface area contributed by atoms with Gasteiger partial charge in [-0.25, -0.2) is 18.4 Å². The molecule has 2 aromatic carbocycles. The summed E-state index contributed by atoms with van der Waals surface area (Å²) in [6.45, 7) is 0. The highest BCUT2D eigenvalue weighted by molar-refractivity contribution is 6.33. The van der Waals surface area contributed by atoms with Gasteiger partial charge in [0.15, 0.2) is 5.69 Å². The third kappa shape index (κ3) is 4.11. The summed E-state index contributed by atoms with van der Waals surface area (Å²) in [4.78, 5) is 34.9. The van der Waals surface area contributed by atoms with E-state index in [9.17, 15) is 37.3 Å². The number of halogens is 6. The maximum atomic E-state index is 14.5. The third-order valence-electron chi connectivity index (χ3n) is 4.03. The summed E-state index contributed by atoms with van der Waals surface area (Å²) in [5.41, 5.74) is -6.50. The molecule has 168 valence electrons. The van der Waals surface area contributed by atoms with E-state index in [4.69, 9.17) is 33.8 Å². The molecule has 0 spiro atoms. The molecular weight excluding hydrogens is 487 g/mol. The summed E-state index contributed by atoms with van der Waals surface area (Å²) in [5.74, 6) is 2.86. The van der Waals surface area contributed by atoms with Crippen LogP contribution < -0.4 is 21.8 Å². The van der Waals surface area contributed by atoms with Crippen LogP contribution in [0.4, 0.5) is 23.2 Å². The van der Waals surface area contributed by atoms with E-state index in [2.05, 4.69) is 0 Å². The monoisotopic (exact) mass is 494 g/mol. The minimum Gasteiger partial charge on any atom is -0.447 e. The molecule has 0 fully saturated rings. The van der Waals surface area contributed by atoms with Crippen LogP contribution in [0.1, 0.15) is 5.69 Å². The summed E-state index contributed by atoms with van der Waals surface area (Å²) in [6, 6.07) is 4.81. The molecule has 0 bridgehead atoms. The molecule has 9 nitrogen and oxygen atoms in total. The van der Waals surface area contributed by atoms with Crippen molar-refractivity contribution < 1.29 is 27.2 Å². The van der Waals surface area contributed by atoms with Crippen LogP contribution >= 0.6 is 23.2 Å². The van der Waals surface area contributed by atoms with Gasteiger partial charge in [0.25, 0.3) is 5.56 Å². The van der Waals surface area contributed by atoms with Crippen molar-refractivity contribution >= 4 is 28.9 Å². The lowest BCUT2D eigenvalue weighted by molar-refractivity contribution is -0.385. The van der Waals surface area contributed by atoms with Gasteiger partial charge in [0.2, 0.25) is 5.75 Å². The Bertz CT molecular complexity index is 1370. The second kappa shape index (κ2) is 8.16. The molecule has 0 atom stereocenters. The van der Waals surface area contributed by atoms with Crippen molar-refractivity contribution in [2.24, 2.45) is 0 Å². The standard InChI is InChI=1S/C17H8Cl2F4N4O5/c18-7-2-1-3-10(27(30)31)15(7)32-12-5-11(9(20)4-8(12)19)25-14(28)6-13(17(21,22)23)26(24)16(25)29/h1-6H,24H2. The van der Waals surface area contributed by atoms with E-state index in [0.717, 1.165) is 6.07 Å². The van der Waals surface area contributed by atoms with Crippen LogP contribution in [0.25, 0.3) is 5.69 Å². The molecule has 0 saturated heterocycles. The van der Waals surface area contributed by atoms with E-state index in [1.165, 1.54) is 12.1 Å². The Hall–Kier alpha value is -3.58. The number of rotatable bonds is 4. The van der Waals surface area contributed by atoms with Gasteiger partial charge in [-0.15, -0.1) is 0 Å². The number of alkyl halides is 3. The van der Waals surface area contributed by atoms with Gasteiger partial charge in [0, 0.05) is 18.2 Å². The Morgan fingerprint density at radius 3 is 2.34 bits per heavy atom. The minimum absolute atomic E-state index is 0.00508. The fraction of sp³-hybridized carbons (Fsp3) is 0.0588. The maximum Gasteiger partial charge on any atom is 0.433 e. The molecule has 1 aromatic heterocycles. The molecule has 15 heteroatoms. The Labute approximate surface area is 183 Å². The molecule has 0 amide bonds. The third-order valence-corrected chi connectivity index (χ3v) is 4.62. The van der Waals surface area contributed by atoms with E-state index >= 15 is 0 Å². The van der Waals surface area contributed by atoms with Gasteiger partial charge in [0.1, 0.15) is 11.6 Å². The van der Waals surface area contributed by atoms with Crippen LogP contribution in [-0.2, 0) is 6.18 Å². The molecule has 32 heavy (non-hydrogen) atoms. The Balaban J connectivity index is 2.23. The van der Waals surface area contributed by atoms with Crippen LogP contribution in [0, 0.1) is 15.9 Å². The number of hydrogen-bond donors (Lipinski definition) is 1. The number of aromatic nitrogens is 2. The average molecular weight is 495 g/mol. The topological polar surface area (TPSA) is 122 Å². The van der Waals surface area contributed by atoms with E-state index in [1.54, 1.807) is 0 Å². The van der Waals surface area contributed by atoms with Crippen LogP contribution in [0.5, 0.6) is 11.5 Å². The first kappa shape index (κ1) is 23.1. The van der Waals surface area contributed by atoms with E-state index < -0.39 is 61.8 Å². The summed E-state index contributed by atoms with van der Waals surface area (Å²) >= 11 is 11.8. The quantitative estimate of drug-likeness (QED) is 0.254. The summed E-state index contributed by atoms with van der Waals surface area (Å²) in [7, 11) is 0. The van der Waals surface area contributed by atoms with Crippen LogP contribution in [0.3, 0.4) is 0 Å². The zero-order valence-electron chi connectivity index (χ0n) is 15.2. The fourth-order valence-corrected chi connectivity index (χ4v) is 3.01. The number of nitro groups is 1. The summed E-state index contributed by atoms with van der Waals surface area (Å²) < 4.78 is 58.3. The minimum atomic E-state index is -5.14. The maximum absolute atomic E-state index is 14.5. The van der Waals surface area contributed by atoms with Crippen LogP contribution in [-0.4, -0.2) is 14.2 Å². The van der Waals surface area contributed by atoms with Gasteiger partial charge in [0.05, 0.1) is 20.7 Å². The number of benzene rings is 2. The second-order valence-electron chi connectivity index (χ2n) is 6.03. The number of para-hydroxylation sites is 1. The number of nitro benzene ring substituents is 1. The van der Waals surface area contributed by atoms with Crippen LogP contribution in [0.2, 0.25) is 10.0 Å². The lowest BCUT2D eigenvalue weighted by atomic mass is 10.2. The molecule has 3 rings (SSSR count). The molecule has 0 aliphatic rings. The van der Waals surface area contributed by atoms with E-state index in [1.807, 2.05) is 0 Å². The SMILES string of the molecule is Nn1c(C(F)(F)F)cc(=O)n(-c2cc(Oc3c(Cl)cccc3[N+](=O)[O-])c(Cl)cc2F)c1=O. The molecule has 0 radical (unpaired) electrons. The molecule has 0 saturated carbocycles. The molecule has 3 aromatic rings. The van der Waals surface area contributed by atoms with Crippen molar-refractivity contribution in [2.75, 3.05) is 5.84 Å². The predicted octanol–water partition coefficient (Wildman–Crippen LogP) is 3.88. The fourth-order valence-electron chi connectivity index (χ4n) is 2.62. The number of nitrogen functional groups attached to an aromatic ring is 1. The first-order chi connectivity index (χ1) is 14.8. The van der Waals surface area contributed by atoms with E-state index in [0.29, 0.717) is 12.1 Å². The molecular formula is C17H8Cl2F4N4O5. The Morgan fingerprint density at radius 2 is 1.75 bits per heavy atom. The van der Waals surface area contributed by atoms with Crippen molar-refractivity contribution in [3.05, 3.63) is 88.9 Å².